The van der Waals surface area contributed by atoms with Crippen molar-refractivity contribution in [1.82, 2.24) is 35.0 Å². The van der Waals surface area contributed by atoms with Crippen LogP contribution in [0.15, 0.2) is 71.5 Å². The van der Waals surface area contributed by atoms with E-state index in [9.17, 15) is 9.90 Å². The van der Waals surface area contributed by atoms with E-state index in [1.165, 1.54) is 4.68 Å². The van der Waals surface area contributed by atoms with Crippen molar-refractivity contribution in [3.63, 3.8) is 0 Å². The second-order valence-corrected chi connectivity index (χ2v) is 9.92. The third-order valence-corrected chi connectivity index (χ3v) is 7.01. The third-order valence-electron chi connectivity index (χ3n) is 7.01. The maximum absolute atomic E-state index is 13.5. The SMILES string of the molecule is CCCCc1nn(CC(O)c2cc(C)ccc2C)c(=O)n1Cc1ccc(-c2ccccc2-c2nn[nH]n2)cc1. The number of aromatic nitrogens is 7. The van der Waals surface area contributed by atoms with Gasteiger partial charge in [0, 0.05) is 12.0 Å². The Morgan fingerprint density at radius 2 is 1.77 bits per heavy atom. The summed E-state index contributed by atoms with van der Waals surface area (Å²) < 4.78 is 3.14. The first kappa shape index (κ1) is 26.2. The van der Waals surface area contributed by atoms with Gasteiger partial charge in [-0.1, -0.05) is 85.6 Å². The fourth-order valence-electron chi connectivity index (χ4n) is 4.84. The largest absolute Gasteiger partial charge is 0.386 e. The van der Waals surface area contributed by atoms with E-state index in [4.69, 9.17) is 0 Å². The number of nitrogens with zero attached hydrogens (tertiary/aromatic N) is 6. The lowest BCUT2D eigenvalue weighted by atomic mass is 9.98. The van der Waals surface area contributed by atoms with E-state index >= 15 is 0 Å². The van der Waals surface area contributed by atoms with Crippen molar-refractivity contribution in [3.8, 4) is 22.5 Å². The topological polar surface area (TPSA) is 115 Å². The number of nitrogens with one attached hydrogen (secondary N) is 1. The van der Waals surface area contributed by atoms with Crippen molar-refractivity contribution in [1.29, 1.82) is 0 Å². The molecule has 0 saturated carbocycles. The third kappa shape index (κ3) is 5.73. The Morgan fingerprint density at radius 1 is 1.00 bits per heavy atom. The summed E-state index contributed by atoms with van der Waals surface area (Å²) in [5.74, 6) is 1.28. The van der Waals surface area contributed by atoms with Gasteiger partial charge in [0.15, 0.2) is 0 Å². The van der Waals surface area contributed by atoms with Gasteiger partial charge in [-0.05, 0) is 53.3 Å². The minimum Gasteiger partial charge on any atom is -0.386 e. The van der Waals surface area contributed by atoms with Crippen LogP contribution < -0.4 is 5.69 Å². The molecule has 200 valence electrons. The van der Waals surface area contributed by atoms with Gasteiger partial charge in [0.25, 0.3) is 0 Å². The van der Waals surface area contributed by atoms with Crippen LogP contribution in [0.4, 0.5) is 0 Å². The van der Waals surface area contributed by atoms with E-state index in [1.807, 2.05) is 80.6 Å². The maximum Gasteiger partial charge on any atom is 0.346 e. The number of unbranched alkanes of at least 4 members (excludes halogenated alkanes) is 1. The van der Waals surface area contributed by atoms with Gasteiger partial charge >= 0.3 is 5.69 Å². The highest BCUT2D eigenvalue weighted by Gasteiger charge is 2.19. The highest BCUT2D eigenvalue weighted by molar-refractivity contribution is 5.80. The molecule has 1 unspecified atom stereocenters. The summed E-state index contributed by atoms with van der Waals surface area (Å²) in [6.07, 6.45) is 1.82. The molecule has 9 heteroatoms. The molecule has 3 aromatic carbocycles. The van der Waals surface area contributed by atoms with Crippen molar-refractivity contribution < 1.29 is 5.11 Å². The van der Waals surface area contributed by atoms with Crippen LogP contribution in [0, 0.1) is 13.8 Å². The summed E-state index contributed by atoms with van der Waals surface area (Å²) in [5.41, 5.74) is 6.57. The minimum absolute atomic E-state index is 0.112. The van der Waals surface area contributed by atoms with Gasteiger partial charge in [0.2, 0.25) is 5.82 Å². The Balaban J connectivity index is 1.41. The Labute approximate surface area is 227 Å². The lowest BCUT2D eigenvalue weighted by molar-refractivity contribution is 0.149. The van der Waals surface area contributed by atoms with Crippen LogP contribution >= 0.6 is 0 Å². The summed E-state index contributed by atoms with van der Waals surface area (Å²) in [6.45, 7) is 6.60. The van der Waals surface area contributed by atoms with Crippen LogP contribution in [0.2, 0.25) is 0 Å². The first-order valence-electron chi connectivity index (χ1n) is 13.3. The second-order valence-electron chi connectivity index (χ2n) is 9.92. The summed E-state index contributed by atoms with van der Waals surface area (Å²) in [5, 5.41) is 30.1. The van der Waals surface area contributed by atoms with Gasteiger partial charge < -0.3 is 5.11 Å². The summed E-state index contributed by atoms with van der Waals surface area (Å²) in [7, 11) is 0. The summed E-state index contributed by atoms with van der Waals surface area (Å²) in [4.78, 5) is 13.5. The predicted molar refractivity (Wildman–Crippen MR) is 150 cm³/mol. The predicted octanol–water partition coefficient (Wildman–Crippen LogP) is 4.63. The van der Waals surface area contributed by atoms with Crippen LogP contribution in [0.25, 0.3) is 22.5 Å². The molecule has 5 aromatic rings. The number of H-pyrrole nitrogens is 1. The van der Waals surface area contributed by atoms with Crippen molar-refractivity contribution in [2.24, 2.45) is 0 Å². The minimum atomic E-state index is -0.816. The van der Waals surface area contributed by atoms with E-state index in [0.717, 1.165) is 57.6 Å². The van der Waals surface area contributed by atoms with Crippen LogP contribution in [0.3, 0.4) is 0 Å². The molecule has 0 bridgehead atoms. The molecular formula is C30H33N7O2. The number of hydrogen-bond donors (Lipinski definition) is 2. The zero-order valence-electron chi connectivity index (χ0n) is 22.5. The highest BCUT2D eigenvalue weighted by atomic mass is 16.3. The van der Waals surface area contributed by atoms with Crippen LogP contribution in [-0.4, -0.2) is 40.1 Å². The van der Waals surface area contributed by atoms with Gasteiger partial charge in [0.05, 0.1) is 19.2 Å². The second kappa shape index (κ2) is 11.6. The molecule has 2 heterocycles. The number of aryl methyl sites for hydroxylation is 3. The molecule has 0 saturated heterocycles. The van der Waals surface area contributed by atoms with Crippen LogP contribution in [-0.2, 0) is 19.5 Å². The summed E-state index contributed by atoms with van der Waals surface area (Å²) >= 11 is 0. The fourth-order valence-corrected chi connectivity index (χ4v) is 4.84. The Hall–Kier alpha value is -4.37. The molecule has 2 N–H and O–H groups in total. The molecule has 9 nitrogen and oxygen atoms in total. The van der Waals surface area contributed by atoms with Crippen molar-refractivity contribution in [2.45, 2.75) is 59.2 Å². The molecule has 0 spiro atoms. The molecule has 1 atom stereocenters. The first-order chi connectivity index (χ1) is 18.9. The smallest absolute Gasteiger partial charge is 0.346 e. The van der Waals surface area contributed by atoms with Crippen molar-refractivity contribution >= 4 is 0 Å². The normalized spacial score (nSPS) is 12.1. The maximum atomic E-state index is 13.5. The average molecular weight is 524 g/mol. The van der Waals surface area contributed by atoms with Gasteiger partial charge in [0.1, 0.15) is 5.82 Å². The Kier molecular flexibility index (Phi) is 7.79. The van der Waals surface area contributed by atoms with Gasteiger partial charge in [-0.3, -0.25) is 4.57 Å². The van der Waals surface area contributed by atoms with E-state index in [1.54, 1.807) is 4.57 Å². The van der Waals surface area contributed by atoms with Gasteiger partial charge in [-0.15, -0.1) is 10.2 Å². The number of hydrogen-bond acceptors (Lipinski definition) is 6. The van der Waals surface area contributed by atoms with E-state index in [2.05, 4.69) is 32.6 Å². The molecule has 5 rings (SSSR count). The average Bonchev–Trinajstić information content (AvgIpc) is 3.58. The number of tetrazole rings is 1. The molecule has 0 aliphatic carbocycles. The van der Waals surface area contributed by atoms with E-state index in [-0.39, 0.29) is 12.2 Å². The molecule has 0 fully saturated rings. The van der Waals surface area contributed by atoms with Crippen molar-refractivity contribution in [2.75, 3.05) is 0 Å². The number of aliphatic hydroxyl groups excluding tert-OH is 1. The molecular weight excluding hydrogens is 490 g/mol. The standard InChI is InChI=1S/C30H33N7O2/c1-4-5-10-28-33-37(19-27(38)26-17-20(2)11-12-21(26)3)30(39)36(28)18-22-13-15-23(16-14-22)24-8-6-7-9-25(24)29-31-34-35-32-29/h6-9,11-17,27,38H,4-5,10,18-19H2,1-3H3,(H,31,32,34,35). The zero-order chi connectivity index (χ0) is 27.4. The van der Waals surface area contributed by atoms with E-state index in [0.29, 0.717) is 18.8 Å². The van der Waals surface area contributed by atoms with Gasteiger partial charge in [-0.25, -0.2) is 9.48 Å². The molecule has 0 aliphatic heterocycles. The lowest BCUT2D eigenvalue weighted by Gasteiger charge is -2.14. The molecule has 2 aromatic heterocycles. The van der Waals surface area contributed by atoms with Crippen LogP contribution in [0.5, 0.6) is 0 Å². The number of aromatic amines is 1. The van der Waals surface area contributed by atoms with E-state index < -0.39 is 6.10 Å². The van der Waals surface area contributed by atoms with Crippen LogP contribution in [0.1, 0.15) is 53.9 Å². The molecule has 0 aliphatic rings. The molecule has 39 heavy (non-hydrogen) atoms. The fraction of sp³-hybridized carbons (Fsp3) is 0.300. The number of aliphatic hydroxyl groups is 1. The Morgan fingerprint density at radius 3 is 2.49 bits per heavy atom. The van der Waals surface area contributed by atoms with Gasteiger partial charge in [-0.2, -0.15) is 10.3 Å². The Bertz CT molecular complexity index is 1600. The van der Waals surface area contributed by atoms with Crippen molar-refractivity contribution in [3.05, 3.63) is 105 Å². The molecule has 0 radical (unpaired) electrons. The quantitative estimate of drug-likeness (QED) is 0.276. The monoisotopic (exact) mass is 523 g/mol. The lowest BCUT2D eigenvalue weighted by Crippen LogP contribution is -2.28. The number of rotatable bonds is 10. The zero-order valence-corrected chi connectivity index (χ0v) is 22.5. The molecule has 0 amide bonds. The number of benzene rings is 3. The highest BCUT2D eigenvalue weighted by Crippen LogP contribution is 2.30. The summed E-state index contributed by atoms with van der Waals surface area (Å²) in [6, 6.07) is 22.0. The first-order valence-corrected chi connectivity index (χ1v) is 13.3.